The van der Waals surface area contributed by atoms with Crippen LogP contribution in [0.5, 0.6) is 0 Å². The zero-order valence-electron chi connectivity index (χ0n) is 38.4. The summed E-state index contributed by atoms with van der Waals surface area (Å²) in [7, 11) is -0.136. The summed E-state index contributed by atoms with van der Waals surface area (Å²) in [6, 6.07) is 7.11. The number of hydrazine groups is 1. The summed E-state index contributed by atoms with van der Waals surface area (Å²) in [5.41, 5.74) is 5.64. The zero-order chi connectivity index (χ0) is 46.5. The van der Waals surface area contributed by atoms with Crippen molar-refractivity contribution in [1.82, 2.24) is 39.8 Å². The van der Waals surface area contributed by atoms with Gasteiger partial charge in [0.2, 0.25) is 5.91 Å². The summed E-state index contributed by atoms with van der Waals surface area (Å²) in [5.74, 6) is -1.73. The number of carbonyl (C=O) groups excluding carboxylic acids is 4. The number of carbonyl (C=O) groups is 4. The molecule has 7 heterocycles. The average Bonchev–Trinajstić information content (AvgIpc) is 3.75. The lowest BCUT2D eigenvalue weighted by atomic mass is 9.84. The second kappa shape index (κ2) is 18.5. The number of hydrogen-bond donors (Lipinski definition) is 2. The molecular formula is C46H60N8O8S2Si. The third kappa shape index (κ3) is 9.35. The number of urea groups is 1. The number of likely N-dealkylation sites (N-methyl/N-ethyl adjacent to an activating group) is 1. The maximum absolute atomic E-state index is 14.6. The zero-order valence-corrected chi connectivity index (χ0v) is 41.1. The molecule has 4 aliphatic rings. The molecule has 3 aromatic heterocycles. The number of cyclic esters (lactones) is 1. The number of rotatable bonds is 8. The lowest BCUT2D eigenvalue weighted by Crippen LogP contribution is -2.70. The SMILES string of the molecule is CCn1c(-c2cccnc2[C@H](C)OC)c2c3cc(ccc31)-c1csc(n1)C[C@H](NC(=O)[C@H](C(C)C)N(C)C(=O)N1C3CC1CS(=O)(=O)C3)C(=O)N1CCC[C@H]([Si]N1)C(=O)OCC(C)(C)C2. The molecule has 2 N–H and O–H groups in total. The molecule has 19 heteroatoms. The average molecular weight is 945 g/mol. The van der Waals surface area contributed by atoms with Crippen LogP contribution in [0, 0.1) is 11.3 Å². The first-order valence-electron chi connectivity index (χ1n) is 22.5. The molecule has 4 amide bonds. The van der Waals surface area contributed by atoms with Crippen molar-refractivity contribution in [2.45, 2.75) is 116 Å². The Balaban J connectivity index is 1.17. The van der Waals surface area contributed by atoms with E-state index in [-0.39, 0.29) is 58.1 Å². The number of aromatic nitrogens is 3. The van der Waals surface area contributed by atoms with Crippen molar-refractivity contribution in [2.75, 3.05) is 38.8 Å². The van der Waals surface area contributed by atoms with Gasteiger partial charge in [-0.3, -0.25) is 29.5 Å². The molecule has 4 aromatic rings. The van der Waals surface area contributed by atoms with E-state index in [1.807, 2.05) is 32.2 Å². The predicted molar refractivity (Wildman–Crippen MR) is 250 cm³/mol. The van der Waals surface area contributed by atoms with Gasteiger partial charge in [0.1, 0.15) is 12.1 Å². The number of benzene rings is 1. The molecule has 8 bridgehead atoms. The van der Waals surface area contributed by atoms with Crippen LogP contribution in [0.3, 0.4) is 0 Å². The number of nitrogens with one attached hydrogen (secondary N) is 2. The van der Waals surface area contributed by atoms with Crippen molar-refractivity contribution in [3.8, 4) is 22.5 Å². The molecular weight excluding hydrogens is 885 g/mol. The van der Waals surface area contributed by atoms with Gasteiger partial charge in [0, 0.05) is 84.8 Å². The first-order chi connectivity index (χ1) is 30.9. The first-order valence-corrected chi connectivity index (χ1v) is 26.3. The van der Waals surface area contributed by atoms with Crippen molar-refractivity contribution in [3.63, 3.8) is 0 Å². The summed E-state index contributed by atoms with van der Waals surface area (Å²) in [6.45, 7) is 13.2. The first kappa shape index (κ1) is 46.8. The highest BCUT2D eigenvalue weighted by molar-refractivity contribution is 7.91. The third-order valence-corrected chi connectivity index (χ3v) is 17.2. The minimum atomic E-state index is -3.23. The van der Waals surface area contributed by atoms with Gasteiger partial charge in [0.05, 0.1) is 51.8 Å². The molecule has 1 aromatic carbocycles. The van der Waals surface area contributed by atoms with E-state index < -0.39 is 56.9 Å². The minimum absolute atomic E-state index is 0.0815. The molecule has 2 radical (unpaired) electrons. The number of nitrogens with zero attached hydrogens (tertiary/aromatic N) is 6. The van der Waals surface area contributed by atoms with Crippen molar-refractivity contribution in [1.29, 1.82) is 0 Å². The Morgan fingerprint density at radius 1 is 1.15 bits per heavy atom. The van der Waals surface area contributed by atoms with Crippen LogP contribution in [0.2, 0.25) is 5.54 Å². The van der Waals surface area contributed by atoms with Crippen LogP contribution >= 0.6 is 11.3 Å². The van der Waals surface area contributed by atoms with E-state index in [9.17, 15) is 27.6 Å². The fraction of sp³-hybridized carbons (Fsp3) is 0.565. The summed E-state index contributed by atoms with van der Waals surface area (Å²) in [6.07, 6.45) is 3.86. The van der Waals surface area contributed by atoms with Gasteiger partial charge in [0.15, 0.2) is 19.5 Å². The van der Waals surface area contributed by atoms with Crippen LogP contribution in [0.4, 0.5) is 4.79 Å². The maximum Gasteiger partial charge on any atom is 0.321 e. The number of fused-ring (bicyclic) bond motifs is 9. The molecule has 6 atom stereocenters. The van der Waals surface area contributed by atoms with E-state index in [1.165, 1.54) is 21.2 Å². The monoisotopic (exact) mass is 944 g/mol. The molecule has 0 saturated carbocycles. The van der Waals surface area contributed by atoms with Gasteiger partial charge in [-0.2, -0.15) is 0 Å². The largest absolute Gasteiger partial charge is 0.465 e. The van der Waals surface area contributed by atoms with E-state index in [0.29, 0.717) is 43.8 Å². The summed E-state index contributed by atoms with van der Waals surface area (Å²) in [4.78, 5) is 69.7. The number of thiazole rings is 1. The van der Waals surface area contributed by atoms with Crippen LogP contribution in [0.25, 0.3) is 33.4 Å². The number of esters is 1. The molecule has 0 aliphatic carbocycles. The molecule has 8 rings (SSSR count). The smallest absolute Gasteiger partial charge is 0.321 e. The van der Waals surface area contributed by atoms with Crippen molar-refractivity contribution in [2.24, 2.45) is 11.3 Å². The number of pyridine rings is 1. The van der Waals surface area contributed by atoms with Crippen LogP contribution in [-0.2, 0) is 53.1 Å². The standard InChI is InChI=1S/C46H60N8O8S2Si/c1-9-52-36-15-14-28-18-32(36)33(41(52)31-12-10-16-47-39(31)27(4)61-8)21-46(5,6)25-62-44(57)37-13-11-17-53(50-65-37)43(56)34(20-38-48-35(28)22-63-38)49-42(55)40(26(2)3)51(7)45(58)54-29-19-30(54)24-64(59,60)23-29/h10,12,14-16,18,22,26-27,29-30,34,37,40,50H,9,11,13,17,19-21,23-25H2,1-8H3,(H,49,55)/t27-,29?,30?,34-,37-,40-/m0/s1. The Labute approximate surface area is 387 Å². The Hall–Kier alpha value is -4.69. The van der Waals surface area contributed by atoms with Gasteiger partial charge < -0.3 is 29.2 Å². The number of amides is 4. The van der Waals surface area contributed by atoms with Gasteiger partial charge in [-0.1, -0.05) is 33.8 Å². The Morgan fingerprint density at radius 2 is 1.91 bits per heavy atom. The van der Waals surface area contributed by atoms with Gasteiger partial charge in [-0.15, -0.1) is 11.3 Å². The molecule has 4 aliphatic heterocycles. The van der Waals surface area contributed by atoms with E-state index in [0.717, 1.165) is 44.7 Å². The van der Waals surface area contributed by atoms with E-state index in [1.54, 1.807) is 25.3 Å². The third-order valence-electron chi connectivity index (χ3n) is 13.3. The lowest BCUT2D eigenvalue weighted by Gasteiger charge is -2.53. The molecule has 3 saturated heterocycles. The molecule has 3 fully saturated rings. The Bertz CT molecular complexity index is 2580. The fourth-order valence-electron chi connectivity index (χ4n) is 9.98. The topological polar surface area (TPSA) is 185 Å². The Kier molecular flexibility index (Phi) is 13.3. The highest BCUT2D eigenvalue weighted by Gasteiger charge is 2.52. The minimum Gasteiger partial charge on any atom is -0.465 e. The van der Waals surface area contributed by atoms with Gasteiger partial charge in [-0.25, -0.2) is 18.2 Å². The maximum atomic E-state index is 14.6. The molecule has 16 nitrogen and oxygen atoms in total. The predicted octanol–water partition coefficient (Wildman–Crippen LogP) is 5.19. The summed E-state index contributed by atoms with van der Waals surface area (Å²) in [5, 5.41) is 11.4. The quantitative estimate of drug-likeness (QED) is 0.175. The van der Waals surface area contributed by atoms with Crippen molar-refractivity contribution in [3.05, 3.63) is 58.2 Å². The van der Waals surface area contributed by atoms with Gasteiger partial charge >= 0.3 is 12.0 Å². The van der Waals surface area contributed by atoms with Crippen molar-refractivity contribution < 1.29 is 37.1 Å². The highest BCUT2D eigenvalue weighted by atomic mass is 32.2. The number of methoxy groups -OCH3 is 1. The number of likely N-dealkylation sites (tertiary alicyclic amines) is 1. The molecule has 0 spiro atoms. The van der Waals surface area contributed by atoms with E-state index in [2.05, 4.69) is 60.0 Å². The summed E-state index contributed by atoms with van der Waals surface area (Å²) >= 11 is 1.41. The second-order valence-electron chi connectivity index (χ2n) is 19.0. The van der Waals surface area contributed by atoms with Crippen LogP contribution in [0.1, 0.15) is 83.2 Å². The van der Waals surface area contributed by atoms with Gasteiger partial charge in [0.25, 0.3) is 5.91 Å². The number of aryl methyl sites for hydroxylation is 1. The molecule has 65 heavy (non-hydrogen) atoms. The lowest BCUT2D eigenvalue weighted by molar-refractivity contribution is -0.146. The Morgan fingerprint density at radius 3 is 2.62 bits per heavy atom. The normalized spacial score (nSPS) is 24.1. The van der Waals surface area contributed by atoms with Crippen LogP contribution < -0.4 is 10.4 Å². The van der Waals surface area contributed by atoms with Crippen molar-refractivity contribution >= 4 is 65.6 Å². The van der Waals surface area contributed by atoms with E-state index >= 15 is 0 Å². The summed E-state index contributed by atoms with van der Waals surface area (Å²) < 4.78 is 39.0. The number of ether oxygens (including phenoxy) is 2. The number of sulfone groups is 1. The second-order valence-corrected chi connectivity index (χ2v) is 23.3. The molecule has 2 unspecified atom stereocenters. The number of hydrogen-bond acceptors (Lipinski definition) is 12. The highest BCUT2D eigenvalue weighted by Crippen LogP contribution is 2.42. The van der Waals surface area contributed by atoms with Crippen LogP contribution in [0.15, 0.2) is 41.9 Å². The van der Waals surface area contributed by atoms with Crippen LogP contribution in [-0.4, -0.2) is 134 Å². The van der Waals surface area contributed by atoms with E-state index in [4.69, 9.17) is 19.4 Å². The fourth-order valence-corrected chi connectivity index (χ4v) is 13.8. The molecule has 348 valence electrons. The van der Waals surface area contributed by atoms with Gasteiger partial charge in [-0.05, 0) is 75.3 Å².